The van der Waals surface area contributed by atoms with Crippen LogP contribution in [0.15, 0.2) is 57.6 Å². The monoisotopic (exact) mass is 329 g/mol. The van der Waals surface area contributed by atoms with E-state index in [-0.39, 0.29) is 0 Å². The first kappa shape index (κ1) is 14.2. The molecule has 0 bridgehead atoms. The van der Waals surface area contributed by atoms with Crippen LogP contribution in [0.25, 0.3) is 44.4 Å². The molecule has 0 aliphatic carbocycles. The minimum absolute atomic E-state index is 0.817. The van der Waals surface area contributed by atoms with Crippen LogP contribution in [0.4, 0.5) is 0 Å². The van der Waals surface area contributed by atoms with Crippen LogP contribution in [-0.2, 0) is 7.05 Å². The van der Waals surface area contributed by atoms with Crippen molar-refractivity contribution >= 4 is 33.1 Å². The fourth-order valence-electron chi connectivity index (χ4n) is 3.48. The van der Waals surface area contributed by atoms with Gasteiger partial charge in [0.05, 0.1) is 17.8 Å². The summed E-state index contributed by atoms with van der Waals surface area (Å²) in [6.07, 6.45) is 1.84. The molecule has 25 heavy (non-hydrogen) atoms. The van der Waals surface area contributed by atoms with Crippen LogP contribution >= 0.6 is 0 Å². The van der Waals surface area contributed by atoms with Crippen LogP contribution < -0.4 is 4.57 Å². The van der Waals surface area contributed by atoms with E-state index in [4.69, 9.17) is 8.83 Å². The van der Waals surface area contributed by atoms with Crippen LogP contribution in [0.1, 0.15) is 11.3 Å². The average molecular weight is 329 g/mol. The van der Waals surface area contributed by atoms with Gasteiger partial charge >= 0.3 is 0 Å². The third-order valence-electron chi connectivity index (χ3n) is 4.77. The molecule has 0 fully saturated rings. The quantitative estimate of drug-likeness (QED) is 0.413. The Hall–Kier alpha value is -3.14. The molecule has 0 atom stereocenters. The van der Waals surface area contributed by atoms with Crippen molar-refractivity contribution in [1.29, 1.82) is 0 Å². The Morgan fingerprint density at radius 1 is 0.880 bits per heavy atom. The second-order valence-electron chi connectivity index (χ2n) is 6.55. The number of benzene rings is 2. The third kappa shape index (κ3) is 2.00. The Bertz CT molecular complexity index is 1280. The van der Waals surface area contributed by atoms with E-state index >= 15 is 0 Å². The maximum atomic E-state index is 6.17. The van der Waals surface area contributed by atoms with E-state index in [2.05, 4.69) is 30.1 Å². The molecule has 0 unspecified atom stereocenters. The highest BCUT2D eigenvalue weighted by Gasteiger charge is 2.19. The molecule has 0 saturated heterocycles. The van der Waals surface area contributed by atoms with E-state index < -0.39 is 0 Å². The zero-order chi connectivity index (χ0) is 17.1. The summed E-state index contributed by atoms with van der Waals surface area (Å²) in [4.78, 5) is 4.34. The fourth-order valence-corrected chi connectivity index (χ4v) is 3.48. The SMILES string of the molecule is Cc1cc(-c2cc3oc4c5ccccc5oc4c3cc2C)[n+](C)cn1. The zero-order valence-electron chi connectivity index (χ0n) is 14.3. The molecule has 3 heterocycles. The lowest BCUT2D eigenvalue weighted by Crippen LogP contribution is -2.31. The molecule has 0 radical (unpaired) electrons. The minimum atomic E-state index is 0.817. The fraction of sp³-hybridized carbons (Fsp3) is 0.143. The topological polar surface area (TPSA) is 43.0 Å². The van der Waals surface area contributed by atoms with Crippen molar-refractivity contribution in [3.63, 3.8) is 0 Å². The lowest BCUT2D eigenvalue weighted by Gasteiger charge is -2.06. The number of rotatable bonds is 1. The maximum Gasteiger partial charge on any atom is 0.286 e. The molecule has 122 valence electrons. The minimum Gasteiger partial charge on any atom is -0.452 e. The summed E-state index contributed by atoms with van der Waals surface area (Å²) in [5.74, 6) is 0. The van der Waals surface area contributed by atoms with E-state index in [0.717, 1.165) is 50.1 Å². The Kier molecular flexibility index (Phi) is 2.80. The summed E-state index contributed by atoms with van der Waals surface area (Å²) in [6, 6.07) is 14.3. The number of hydrogen-bond acceptors (Lipinski definition) is 3. The van der Waals surface area contributed by atoms with E-state index in [1.165, 1.54) is 5.56 Å². The van der Waals surface area contributed by atoms with Gasteiger partial charge in [-0.2, -0.15) is 0 Å². The van der Waals surface area contributed by atoms with Gasteiger partial charge in [0.1, 0.15) is 16.9 Å². The van der Waals surface area contributed by atoms with E-state index in [9.17, 15) is 0 Å². The van der Waals surface area contributed by atoms with Crippen molar-refractivity contribution in [3.8, 4) is 11.3 Å². The van der Waals surface area contributed by atoms with Crippen LogP contribution in [0.5, 0.6) is 0 Å². The number of nitrogens with zero attached hydrogens (tertiary/aromatic N) is 2. The van der Waals surface area contributed by atoms with Crippen molar-refractivity contribution in [1.82, 2.24) is 4.98 Å². The van der Waals surface area contributed by atoms with Gasteiger partial charge in [0.2, 0.25) is 0 Å². The van der Waals surface area contributed by atoms with Gasteiger partial charge in [0.25, 0.3) is 6.33 Å². The standard InChI is InChI=1S/C21H17N2O2/c1-12-8-16-19(10-15(12)17-9-13(2)22-11-23(17)3)25-20-14-6-4-5-7-18(14)24-21(16)20/h4-11H,1-3H3/q+1. The predicted molar refractivity (Wildman–Crippen MR) is 97.4 cm³/mol. The van der Waals surface area contributed by atoms with Crippen LogP contribution in [-0.4, -0.2) is 4.98 Å². The zero-order valence-corrected chi connectivity index (χ0v) is 14.3. The van der Waals surface area contributed by atoms with Gasteiger partial charge in [0, 0.05) is 18.6 Å². The van der Waals surface area contributed by atoms with Gasteiger partial charge in [-0.1, -0.05) is 17.1 Å². The number of para-hydroxylation sites is 1. The van der Waals surface area contributed by atoms with Crippen molar-refractivity contribution < 1.29 is 13.4 Å². The summed E-state index contributed by atoms with van der Waals surface area (Å²) < 4.78 is 14.2. The first-order chi connectivity index (χ1) is 12.1. The molecule has 4 heteroatoms. The predicted octanol–water partition coefficient (Wildman–Crippen LogP) is 4.84. The lowest BCUT2D eigenvalue weighted by atomic mass is 10.0. The average Bonchev–Trinajstić information content (AvgIpc) is 3.13. The first-order valence-corrected chi connectivity index (χ1v) is 8.29. The number of hydrogen-bond donors (Lipinski definition) is 0. The molecular weight excluding hydrogens is 312 g/mol. The molecule has 0 spiro atoms. The molecule has 5 aromatic rings. The molecule has 2 aromatic carbocycles. The van der Waals surface area contributed by atoms with Crippen molar-refractivity contribution in [2.24, 2.45) is 7.05 Å². The lowest BCUT2D eigenvalue weighted by molar-refractivity contribution is -0.663. The van der Waals surface area contributed by atoms with Crippen LogP contribution in [0.2, 0.25) is 0 Å². The Balaban J connectivity index is 1.84. The van der Waals surface area contributed by atoms with Gasteiger partial charge in [0.15, 0.2) is 16.9 Å². The summed E-state index contributed by atoms with van der Waals surface area (Å²) in [7, 11) is 2.01. The van der Waals surface area contributed by atoms with Crippen LogP contribution in [0, 0.1) is 13.8 Å². The highest BCUT2D eigenvalue weighted by Crippen LogP contribution is 2.38. The summed E-state index contributed by atoms with van der Waals surface area (Å²) >= 11 is 0. The molecule has 0 N–H and O–H groups in total. The number of fused-ring (bicyclic) bond motifs is 5. The van der Waals surface area contributed by atoms with Crippen molar-refractivity contribution in [3.05, 3.63) is 60.0 Å². The molecule has 3 aromatic heterocycles. The Morgan fingerprint density at radius 3 is 2.52 bits per heavy atom. The number of aryl methyl sites for hydroxylation is 3. The summed E-state index contributed by atoms with van der Waals surface area (Å²) in [5.41, 5.74) is 7.76. The summed E-state index contributed by atoms with van der Waals surface area (Å²) in [6.45, 7) is 4.12. The van der Waals surface area contributed by atoms with Gasteiger partial charge in [-0.05, 0) is 36.8 Å². The largest absolute Gasteiger partial charge is 0.452 e. The Labute approximate surface area is 144 Å². The molecule has 4 nitrogen and oxygen atoms in total. The molecule has 5 rings (SSSR count). The maximum absolute atomic E-state index is 6.17. The normalized spacial score (nSPS) is 11.8. The van der Waals surface area contributed by atoms with Gasteiger partial charge in [-0.25, -0.2) is 4.57 Å². The van der Waals surface area contributed by atoms with Crippen molar-refractivity contribution in [2.45, 2.75) is 13.8 Å². The summed E-state index contributed by atoms with van der Waals surface area (Å²) in [5, 5.41) is 2.03. The van der Waals surface area contributed by atoms with Crippen LogP contribution in [0.3, 0.4) is 0 Å². The van der Waals surface area contributed by atoms with E-state index in [0.29, 0.717) is 0 Å². The van der Waals surface area contributed by atoms with E-state index in [1.54, 1.807) is 0 Å². The highest BCUT2D eigenvalue weighted by atomic mass is 16.4. The molecule has 0 saturated carbocycles. The molecule has 0 aliphatic heterocycles. The third-order valence-corrected chi connectivity index (χ3v) is 4.77. The second-order valence-corrected chi connectivity index (χ2v) is 6.55. The number of furan rings is 2. The van der Waals surface area contributed by atoms with E-state index in [1.807, 2.05) is 49.1 Å². The molecule has 0 amide bonds. The number of aromatic nitrogens is 2. The van der Waals surface area contributed by atoms with Gasteiger partial charge in [-0.15, -0.1) is 0 Å². The smallest absolute Gasteiger partial charge is 0.286 e. The van der Waals surface area contributed by atoms with Gasteiger partial charge in [-0.3, -0.25) is 0 Å². The van der Waals surface area contributed by atoms with Crippen molar-refractivity contribution in [2.75, 3.05) is 0 Å². The molecule has 0 aliphatic rings. The first-order valence-electron chi connectivity index (χ1n) is 8.29. The second kappa shape index (κ2) is 4.93. The highest BCUT2D eigenvalue weighted by molar-refractivity contribution is 6.13. The molecular formula is C21H17N2O2+. The van der Waals surface area contributed by atoms with Gasteiger partial charge < -0.3 is 8.83 Å². The Morgan fingerprint density at radius 2 is 1.64 bits per heavy atom.